The lowest BCUT2D eigenvalue weighted by Crippen LogP contribution is -2.47. The smallest absolute Gasteiger partial charge is 0.231 e. The number of hydrogen-bond donors (Lipinski definition) is 1. The van der Waals surface area contributed by atoms with Gasteiger partial charge in [-0.1, -0.05) is 13.8 Å². The highest BCUT2D eigenvalue weighted by Crippen LogP contribution is 2.31. The van der Waals surface area contributed by atoms with Crippen molar-refractivity contribution in [2.24, 2.45) is 17.6 Å². The average Bonchev–Trinajstić information content (AvgIpc) is 2.25. The zero-order valence-corrected chi connectivity index (χ0v) is 10.1. The normalized spacial score (nSPS) is 30.0. The first-order valence-electron chi connectivity index (χ1n) is 6.00. The Morgan fingerprint density at radius 2 is 2.25 bits per heavy atom. The molecule has 0 aliphatic heterocycles. The summed E-state index contributed by atoms with van der Waals surface area (Å²) in [6.07, 6.45) is 3.06. The average molecular weight is 223 g/mol. The van der Waals surface area contributed by atoms with Gasteiger partial charge in [-0.3, -0.25) is 9.69 Å². The summed E-state index contributed by atoms with van der Waals surface area (Å²) in [6, 6.07) is 2.57. The third-order valence-corrected chi connectivity index (χ3v) is 3.48. The minimum absolute atomic E-state index is 0.0514. The van der Waals surface area contributed by atoms with Crippen LogP contribution in [0.2, 0.25) is 0 Å². The third kappa shape index (κ3) is 3.21. The van der Waals surface area contributed by atoms with Crippen LogP contribution in [0.1, 0.15) is 33.1 Å². The standard InChI is InChI=1S/C12H21N3O/c1-3-15(8-12(14)16)11-6-9(2)4-5-10(11)7-13/h9-11H,3-6,8H2,1-2H3,(H2,14,16). The molecule has 2 N–H and O–H groups in total. The highest BCUT2D eigenvalue weighted by Gasteiger charge is 2.32. The Balaban J connectivity index is 2.71. The Morgan fingerprint density at radius 1 is 1.56 bits per heavy atom. The molecule has 1 amide bonds. The van der Waals surface area contributed by atoms with Crippen LogP contribution in [0, 0.1) is 23.2 Å². The van der Waals surface area contributed by atoms with Crippen LogP contribution in [-0.4, -0.2) is 29.9 Å². The van der Waals surface area contributed by atoms with Gasteiger partial charge in [0.1, 0.15) is 0 Å². The largest absolute Gasteiger partial charge is 0.369 e. The zero-order valence-electron chi connectivity index (χ0n) is 10.1. The summed E-state index contributed by atoms with van der Waals surface area (Å²) in [5.74, 6) is 0.379. The molecule has 0 bridgehead atoms. The molecule has 3 unspecified atom stereocenters. The molecule has 0 spiro atoms. The Kier molecular flexibility index (Phi) is 4.75. The van der Waals surface area contributed by atoms with Crippen molar-refractivity contribution in [1.29, 1.82) is 5.26 Å². The van der Waals surface area contributed by atoms with Crippen molar-refractivity contribution in [1.82, 2.24) is 4.90 Å². The van der Waals surface area contributed by atoms with E-state index in [2.05, 4.69) is 13.0 Å². The first kappa shape index (κ1) is 13.0. The van der Waals surface area contributed by atoms with Gasteiger partial charge in [0.2, 0.25) is 5.91 Å². The first-order valence-corrected chi connectivity index (χ1v) is 6.00. The van der Waals surface area contributed by atoms with Gasteiger partial charge < -0.3 is 5.73 Å². The molecule has 0 aromatic carbocycles. The lowest BCUT2D eigenvalue weighted by atomic mass is 9.79. The van der Waals surface area contributed by atoms with Crippen LogP contribution >= 0.6 is 0 Å². The van der Waals surface area contributed by atoms with Gasteiger partial charge in [-0.2, -0.15) is 5.26 Å². The van der Waals surface area contributed by atoms with E-state index in [0.717, 1.165) is 25.8 Å². The van der Waals surface area contributed by atoms with Crippen LogP contribution in [0.25, 0.3) is 0 Å². The van der Waals surface area contributed by atoms with Crippen LogP contribution in [0.15, 0.2) is 0 Å². The molecule has 0 saturated heterocycles. The molecule has 16 heavy (non-hydrogen) atoms. The summed E-state index contributed by atoms with van der Waals surface area (Å²) in [4.78, 5) is 13.0. The lowest BCUT2D eigenvalue weighted by Gasteiger charge is -2.38. The minimum Gasteiger partial charge on any atom is -0.369 e. The van der Waals surface area contributed by atoms with Crippen LogP contribution in [0.4, 0.5) is 0 Å². The number of nitrogens with zero attached hydrogens (tertiary/aromatic N) is 2. The number of carbonyl (C=O) groups excluding carboxylic acids is 1. The van der Waals surface area contributed by atoms with E-state index in [1.165, 1.54) is 0 Å². The van der Waals surface area contributed by atoms with E-state index in [1.54, 1.807) is 0 Å². The van der Waals surface area contributed by atoms with Gasteiger partial charge in [-0.25, -0.2) is 0 Å². The fourth-order valence-corrected chi connectivity index (χ4v) is 2.57. The highest BCUT2D eigenvalue weighted by atomic mass is 16.1. The summed E-state index contributed by atoms with van der Waals surface area (Å²) in [5.41, 5.74) is 5.23. The van der Waals surface area contributed by atoms with Crippen molar-refractivity contribution >= 4 is 5.91 Å². The molecule has 0 radical (unpaired) electrons. The number of likely N-dealkylation sites (N-methyl/N-ethyl adjacent to an activating group) is 1. The topological polar surface area (TPSA) is 70.1 Å². The van der Waals surface area contributed by atoms with Crippen molar-refractivity contribution in [2.45, 2.75) is 39.2 Å². The molecule has 1 rings (SSSR count). The molecule has 3 atom stereocenters. The molecule has 1 saturated carbocycles. The Labute approximate surface area is 97.4 Å². The molecule has 4 heteroatoms. The summed E-state index contributed by atoms with van der Waals surface area (Å²) >= 11 is 0. The van der Waals surface area contributed by atoms with Gasteiger partial charge in [0.15, 0.2) is 0 Å². The number of primary amides is 1. The summed E-state index contributed by atoms with van der Waals surface area (Å²) < 4.78 is 0. The van der Waals surface area contributed by atoms with Crippen LogP contribution in [0.3, 0.4) is 0 Å². The van der Waals surface area contributed by atoms with Crippen LogP contribution < -0.4 is 5.73 Å². The number of rotatable bonds is 4. The second kappa shape index (κ2) is 5.86. The molecule has 0 heterocycles. The van der Waals surface area contributed by atoms with Crippen molar-refractivity contribution < 1.29 is 4.79 Å². The van der Waals surface area contributed by atoms with Crippen LogP contribution in [0.5, 0.6) is 0 Å². The molecule has 4 nitrogen and oxygen atoms in total. The number of amides is 1. The second-order valence-electron chi connectivity index (χ2n) is 4.75. The quantitative estimate of drug-likeness (QED) is 0.776. The number of hydrogen-bond acceptors (Lipinski definition) is 3. The number of nitriles is 1. The molecular formula is C12H21N3O. The second-order valence-corrected chi connectivity index (χ2v) is 4.75. The maximum atomic E-state index is 11.0. The minimum atomic E-state index is -0.309. The first-order chi connectivity index (χ1) is 7.58. The fourth-order valence-electron chi connectivity index (χ4n) is 2.57. The molecule has 90 valence electrons. The van der Waals surface area contributed by atoms with E-state index in [-0.39, 0.29) is 24.4 Å². The Bertz CT molecular complexity index is 284. The number of carbonyl (C=O) groups is 1. The van der Waals surface area contributed by atoms with Crippen LogP contribution in [-0.2, 0) is 4.79 Å². The van der Waals surface area contributed by atoms with E-state index in [9.17, 15) is 4.79 Å². The summed E-state index contributed by atoms with van der Waals surface area (Å²) in [6.45, 7) is 5.26. The van der Waals surface area contributed by atoms with Gasteiger partial charge in [-0.15, -0.1) is 0 Å². The molecule has 1 aliphatic carbocycles. The molecule has 1 fully saturated rings. The van der Waals surface area contributed by atoms with Gasteiger partial charge in [-0.05, 0) is 31.7 Å². The van der Waals surface area contributed by atoms with Crippen molar-refractivity contribution in [3.8, 4) is 6.07 Å². The van der Waals surface area contributed by atoms with E-state index in [4.69, 9.17) is 11.0 Å². The monoisotopic (exact) mass is 223 g/mol. The van der Waals surface area contributed by atoms with Crippen molar-refractivity contribution in [3.63, 3.8) is 0 Å². The highest BCUT2D eigenvalue weighted by molar-refractivity contribution is 5.75. The summed E-state index contributed by atoms with van der Waals surface area (Å²) in [7, 11) is 0. The van der Waals surface area contributed by atoms with Crippen molar-refractivity contribution in [2.75, 3.05) is 13.1 Å². The van der Waals surface area contributed by atoms with E-state index >= 15 is 0 Å². The predicted octanol–water partition coefficient (Wildman–Crippen LogP) is 1.12. The molecular weight excluding hydrogens is 202 g/mol. The predicted molar refractivity (Wildman–Crippen MR) is 62.3 cm³/mol. The number of nitrogens with two attached hydrogens (primary N) is 1. The van der Waals surface area contributed by atoms with E-state index in [1.807, 2.05) is 11.8 Å². The molecule has 0 aromatic rings. The SMILES string of the molecule is CCN(CC(N)=O)C1CC(C)CCC1C#N. The zero-order chi connectivity index (χ0) is 12.1. The summed E-state index contributed by atoms with van der Waals surface area (Å²) in [5, 5.41) is 9.13. The lowest BCUT2D eigenvalue weighted by molar-refractivity contribution is -0.120. The molecule has 1 aliphatic rings. The third-order valence-electron chi connectivity index (χ3n) is 3.48. The fraction of sp³-hybridized carbons (Fsp3) is 0.833. The maximum Gasteiger partial charge on any atom is 0.231 e. The van der Waals surface area contributed by atoms with E-state index in [0.29, 0.717) is 5.92 Å². The van der Waals surface area contributed by atoms with Gasteiger partial charge in [0.25, 0.3) is 0 Å². The molecule has 0 aromatic heterocycles. The maximum absolute atomic E-state index is 11.0. The Hall–Kier alpha value is -1.08. The van der Waals surface area contributed by atoms with Crippen molar-refractivity contribution in [3.05, 3.63) is 0 Å². The van der Waals surface area contributed by atoms with Gasteiger partial charge in [0.05, 0.1) is 18.5 Å². The van der Waals surface area contributed by atoms with E-state index < -0.39 is 0 Å². The van der Waals surface area contributed by atoms with Gasteiger partial charge >= 0.3 is 0 Å². The van der Waals surface area contributed by atoms with Gasteiger partial charge in [0, 0.05) is 6.04 Å². The Morgan fingerprint density at radius 3 is 2.75 bits per heavy atom.